The SMILES string of the molecule is CCOCCOC(=N)c1cnc(NC(=O)N[C@@H](c2ccccc2)C2(O)CCC2)cc1N. The van der Waals surface area contributed by atoms with Gasteiger partial charge in [-0.1, -0.05) is 30.3 Å². The van der Waals surface area contributed by atoms with Gasteiger partial charge in [0.2, 0.25) is 5.90 Å². The fourth-order valence-electron chi connectivity index (χ4n) is 3.44. The van der Waals surface area contributed by atoms with Crippen molar-refractivity contribution in [2.45, 2.75) is 37.8 Å². The molecule has 1 atom stereocenters. The molecule has 9 nitrogen and oxygen atoms in total. The molecule has 0 radical (unpaired) electrons. The van der Waals surface area contributed by atoms with Crippen LogP contribution in [0.25, 0.3) is 0 Å². The second kappa shape index (κ2) is 10.2. The van der Waals surface area contributed by atoms with Crippen molar-refractivity contribution in [3.63, 3.8) is 0 Å². The third kappa shape index (κ3) is 5.71. The number of nitrogens with two attached hydrogens (primary N) is 1. The lowest BCUT2D eigenvalue weighted by molar-refractivity contribution is -0.0627. The molecule has 1 saturated carbocycles. The van der Waals surface area contributed by atoms with Gasteiger partial charge in [0.1, 0.15) is 12.4 Å². The Morgan fingerprint density at radius 2 is 2.06 bits per heavy atom. The number of amides is 2. The van der Waals surface area contributed by atoms with Crippen molar-refractivity contribution in [1.82, 2.24) is 10.3 Å². The summed E-state index contributed by atoms with van der Waals surface area (Å²) >= 11 is 0. The molecule has 0 aliphatic heterocycles. The second-order valence-electron chi connectivity index (χ2n) is 7.43. The van der Waals surface area contributed by atoms with Crippen molar-refractivity contribution in [2.24, 2.45) is 0 Å². The number of hydrogen-bond donors (Lipinski definition) is 5. The standard InChI is InChI=1S/C22H29N5O4/c1-2-30-11-12-31-20(24)16-14-25-18(13-17(16)23)26-21(28)27-19(22(29)9-6-10-22)15-7-4-3-5-8-15/h3-5,7-8,13-14,19,24,29H,2,6,9-12H2,1H3,(H4,23,25,26,27,28)/t19-/m0/s1. The van der Waals surface area contributed by atoms with E-state index in [1.54, 1.807) is 0 Å². The van der Waals surface area contributed by atoms with Crippen LogP contribution in [0.4, 0.5) is 16.3 Å². The quantitative estimate of drug-likeness (QED) is 0.237. The summed E-state index contributed by atoms with van der Waals surface area (Å²) in [6.45, 7) is 3.06. The Bertz CT molecular complexity index is 902. The van der Waals surface area contributed by atoms with Crippen molar-refractivity contribution >= 4 is 23.4 Å². The Morgan fingerprint density at radius 1 is 1.32 bits per heavy atom. The van der Waals surface area contributed by atoms with E-state index in [1.165, 1.54) is 12.3 Å². The number of aliphatic hydroxyl groups is 1. The van der Waals surface area contributed by atoms with Gasteiger partial charge in [0.25, 0.3) is 0 Å². The lowest BCUT2D eigenvalue weighted by Crippen LogP contribution is -2.51. The highest BCUT2D eigenvalue weighted by Crippen LogP contribution is 2.42. The molecule has 0 spiro atoms. The molecule has 0 saturated heterocycles. The smallest absolute Gasteiger partial charge is 0.320 e. The summed E-state index contributed by atoms with van der Waals surface area (Å²) in [5, 5.41) is 24.3. The van der Waals surface area contributed by atoms with Crippen molar-refractivity contribution in [1.29, 1.82) is 5.41 Å². The maximum atomic E-state index is 12.6. The summed E-state index contributed by atoms with van der Waals surface area (Å²) in [5.41, 5.74) is 6.46. The molecule has 6 N–H and O–H groups in total. The number of urea groups is 1. The third-order valence-corrected chi connectivity index (χ3v) is 5.27. The number of nitrogen functional groups attached to an aromatic ring is 1. The third-order valence-electron chi connectivity index (χ3n) is 5.27. The molecule has 0 unspecified atom stereocenters. The molecule has 31 heavy (non-hydrogen) atoms. The Kier molecular flexibility index (Phi) is 7.43. The summed E-state index contributed by atoms with van der Waals surface area (Å²) in [6, 6.07) is 9.81. The van der Waals surface area contributed by atoms with Crippen molar-refractivity contribution in [3.8, 4) is 0 Å². The van der Waals surface area contributed by atoms with Crippen molar-refractivity contribution in [2.75, 3.05) is 30.9 Å². The van der Waals surface area contributed by atoms with Gasteiger partial charge >= 0.3 is 6.03 Å². The molecular weight excluding hydrogens is 398 g/mol. The van der Waals surface area contributed by atoms with Crippen LogP contribution in [0.3, 0.4) is 0 Å². The highest BCUT2D eigenvalue weighted by Gasteiger charge is 2.43. The van der Waals surface area contributed by atoms with Crippen LogP contribution in [0.2, 0.25) is 0 Å². The molecule has 1 aliphatic rings. The minimum absolute atomic E-state index is 0.114. The number of nitrogens with one attached hydrogen (secondary N) is 3. The van der Waals surface area contributed by atoms with Crippen LogP contribution in [-0.4, -0.2) is 47.4 Å². The Hall–Kier alpha value is -3.17. The summed E-state index contributed by atoms with van der Waals surface area (Å²) < 4.78 is 10.5. The average Bonchev–Trinajstić information content (AvgIpc) is 2.74. The van der Waals surface area contributed by atoms with Crippen LogP contribution in [0.5, 0.6) is 0 Å². The lowest BCUT2D eigenvalue weighted by atomic mass is 9.72. The van der Waals surface area contributed by atoms with E-state index in [0.29, 0.717) is 31.6 Å². The van der Waals surface area contributed by atoms with Crippen molar-refractivity contribution in [3.05, 3.63) is 53.7 Å². The highest BCUT2D eigenvalue weighted by atomic mass is 16.5. The van der Waals surface area contributed by atoms with E-state index in [1.807, 2.05) is 37.3 Å². The Morgan fingerprint density at radius 3 is 2.68 bits per heavy atom. The van der Waals surface area contributed by atoms with Gasteiger partial charge in [0, 0.05) is 24.6 Å². The lowest BCUT2D eigenvalue weighted by Gasteiger charge is -2.43. The van der Waals surface area contributed by atoms with E-state index in [9.17, 15) is 9.90 Å². The molecule has 2 amide bonds. The maximum Gasteiger partial charge on any atom is 0.320 e. The van der Waals surface area contributed by atoms with Gasteiger partial charge in [-0.3, -0.25) is 10.7 Å². The van der Waals surface area contributed by atoms with Crippen LogP contribution < -0.4 is 16.4 Å². The first kappa shape index (κ1) is 22.5. The normalized spacial score (nSPS) is 15.4. The highest BCUT2D eigenvalue weighted by molar-refractivity contribution is 5.97. The van der Waals surface area contributed by atoms with E-state index in [-0.39, 0.29) is 24.0 Å². The summed E-state index contributed by atoms with van der Waals surface area (Å²) in [4.78, 5) is 16.8. The molecular formula is C22H29N5O4. The molecule has 9 heteroatoms. The van der Waals surface area contributed by atoms with E-state index < -0.39 is 17.7 Å². The molecule has 1 aliphatic carbocycles. The van der Waals surface area contributed by atoms with Gasteiger partial charge in [-0.05, 0) is 31.7 Å². The largest absolute Gasteiger partial charge is 0.475 e. The number of benzene rings is 1. The molecule has 1 heterocycles. The first-order chi connectivity index (χ1) is 14.9. The van der Waals surface area contributed by atoms with E-state index in [0.717, 1.165) is 12.0 Å². The predicted octanol–water partition coefficient (Wildman–Crippen LogP) is 2.82. The molecule has 0 bridgehead atoms. The zero-order valence-corrected chi connectivity index (χ0v) is 17.6. The first-order valence-electron chi connectivity index (χ1n) is 10.3. The Labute approximate surface area is 181 Å². The number of rotatable bonds is 9. The number of hydrogen-bond acceptors (Lipinski definition) is 7. The van der Waals surface area contributed by atoms with Crippen LogP contribution in [0.15, 0.2) is 42.6 Å². The minimum atomic E-state index is -0.969. The van der Waals surface area contributed by atoms with Gasteiger partial charge in [-0.2, -0.15) is 0 Å². The summed E-state index contributed by atoms with van der Waals surface area (Å²) in [6.07, 6.45) is 3.54. The fraction of sp³-hybridized carbons (Fsp3) is 0.409. The topological polar surface area (TPSA) is 143 Å². The number of carbonyl (C=O) groups is 1. The van der Waals surface area contributed by atoms with E-state index in [4.69, 9.17) is 20.6 Å². The van der Waals surface area contributed by atoms with Gasteiger partial charge in [0.05, 0.1) is 23.8 Å². The van der Waals surface area contributed by atoms with Gasteiger partial charge < -0.3 is 25.6 Å². The zero-order valence-electron chi connectivity index (χ0n) is 17.6. The maximum absolute atomic E-state index is 12.6. The zero-order chi connectivity index (χ0) is 22.3. The number of carbonyl (C=O) groups excluding carboxylic acids is 1. The first-order valence-corrected chi connectivity index (χ1v) is 10.3. The van der Waals surface area contributed by atoms with Gasteiger partial charge in [-0.15, -0.1) is 0 Å². The number of ether oxygens (including phenoxy) is 2. The number of aromatic nitrogens is 1. The molecule has 3 rings (SSSR count). The van der Waals surface area contributed by atoms with Gasteiger partial charge in [-0.25, -0.2) is 9.78 Å². The molecule has 2 aromatic rings. The molecule has 1 fully saturated rings. The molecule has 1 aromatic heterocycles. The van der Waals surface area contributed by atoms with Crippen LogP contribution >= 0.6 is 0 Å². The van der Waals surface area contributed by atoms with Crippen LogP contribution in [0, 0.1) is 5.41 Å². The number of pyridine rings is 1. The molecule has 166 valence electrons. The van der Waals surface area contributed by atoms with E-state index >= 15 is 0 Å². The Balaban J connectivity index is 1.63. The van der Waals surface area contributed by atoms with Crippen LogP contribution in [-0.2, 0) is 9.47 Å². The summed E-state index contributed by atoms with van der Waals surface area (Å²) in [7, 11) is 0. The van der Waals surface area contributed by atoms with Crippen molar-refractivity contribution < 1.29 is 19.4 Å². The van der Waals surface area contributed by atoms with E-state index in [2.05, 4.69) is 15.6 Å². The van der Waals surface area contributed by atoms with Crippen LogP contribution in [0.1, 0.15) is 43.4 Å². The number of anilines is 2. The fourth-order valence-corrected chi connectivity index (χ4v) is 3.44. The summed E-state index contributed by atoms with van der Waals surface area (Å²) in [5.74, 6) is 0.116. The predicted molar refractivity (Wildman–Crippen MR) is 118 cm³/mol. The van der Waals surface area contributed by atoms with Gasteiger partial charge in [0.15, 0.2) is 0 Å². The number of nitrogens with zero attached hydrogens (tertiary/aromatic N) is 1. The minimum Gasteiger partial charge on any atom is -0.475 e. The second-order valence-corrected chi connectivity index (χ2v) is 7.43. The average molecular weight is 428 g/mol. The monoisotopic (exact) mass is 427 g/mol. The molecule has 1 aromatic carbocycles.